The molecule has 112 valence electrons. The summed E-state index contributed by atoms with van der Waals surface area (Å²) >= 11 is 0. The molecule has 19 heavy (non-hydrogen) atoms. The van der Waals surface area contributed by atoms with Crippen molar-refractivity contribution in [3.8, 4) is 0 Å². The Bertz CT molecular complexity index is 259. The Morgan fingerprint density at radius 3 is 2.37 bits per heavy atom. The average Bonchev–Trinajstić information content (AvgIpc) is 2.45. The molecule has 1 atom stereocenters. The number of nitrogens with one attached hydrogen (secondary N) is 1. The predicted molar refractivity (Wildman–Crippen MR) is 80.9 cm³/mol. The summed E-state index contributed by atoms with van der Waals surface area (Å²) < 4.78 is 0. The Labute approximate surface area is 118 Å². The first-order valence-electron chi connectivity index (χ1n) is 8.19. The maximum atomic E-state index is 12.6. The van der Waals surface area contributed by atoms with Crippen LogP contribution in [0, 0.1) is 5.41 Å². The van der Waals surface area contributed by atoms with E-state index < -0.39 is 0 Å². The van der Waals surface area contributed by atoms with E-state index in [1.165, 1.54) is 19.3 Å². The van der Waals surface area contributed by atoms with Crippen LogP contribution in [-0.2, 0) is 4.79 Å². The Morgan fingerprint density at radius 1 is 1.16 bits per heavy atom. The fraction of sp³-hybridized carbons (Fsp3) is 0.938. The van der Waals surface area contributed by atoms with E-state index in [4.69, 9.17) is 5.73 Å². The van der Waals surface area contributed by atoms with Gasteiger partial charge in [0.05, 0.1) is 5.41 Å². The van der Waals surface area contributed by atoms with Gasteiger partial charge in [-0.15, -0.1) is 0 Å². The van der Waals surface area contributed by atoms with Crippen molar-refractivity contribution < 1.29 is 4.79 Å². The number of nitrogens with two attached hydrogens (primary N) is 1. The summed E-state index contributed by atoms with van der Waals surface area (Å²) in [7, 11) is 0. The van der Waals surface area contributed by atoms with Crippen molar-refractivity contribution in [2.75, 3.05) is 6.54 Å². The molecule has 1 aliphatic rings. The molecule has 0 bridgehead atoms. The second-order valence-corrected chi connectivity index (χ2v) is 6.15. The van der Waals surface area contributed by atoms with E-state index in [1.54, 1.807) is 0 Å². The van der Waals surface area contributed by atoms with Crippen molar-refractivity contribution in [1.29, 1.82) is 0 Å². The van der Waals surface area contributed by atoms with Gasteiger partial charge in [0.2, 0.25) is 5.91 Å². The molecule has 3 N–H and O–H groups in total. The van der Waals surface area contributed by atoms with Crippen molar-refractivity contribution in [3.05, 3.63) is 0 Å². The Balaban J connectivity index is 2.57. The third-order valence-electron chi connectivity index (χ3n) is 4.56. The number of rotatable bonds is 8. The molecule has 0 aromatic carbocycles. The lowest BCUT2D eigenvalue weighted by Gasteiger charge is -2.36. The van der Waals surface area contributed by atoms with Crippen LogP contribution in [-0.4, -0.2) is 18.5 Å². The monoisotopic (exact) mass is 268 g/mol. The van der Waals surface area contributed by atoms with Gasteiger partial charge in [0.25, 0.3) is 0 Å². The summed E-state index contributed by atoms with van der Waals surface area (Å²) in [6.45, 7) is 4.89. The van der Waals surface area contributed by atoms with Crippen LogP contribution in [0.4, 0.5) is 0 Å². The van der Waals surface area contributed by atoms with E-state index in [9.17, 15) is 4.79 Å². The number of carbonyl (C=O) groups is 1. The Morgan fingerprint density at radius 2 is 1.84 bits per heavy atom. The summed E-state index contributed by atoms with van der Waals surface area (Å²) in [5.41, 5.74) is 5.66. The highest BCUT2D eigenvalue weighted by molar-refractivity contribution is 5.83. The molecule has 0 aliphatic heterocycles. The van der Waals surface area contributed by atoms with E-state index in [1.807, 2.05) is 0 Å². The van der Waals surface area contributed by atoms with Crippen LogP contribution in [0.1, 0.15) is 78.1 Å². The van der Waals surface area contributed by atoms with Crippen LogP contribution in [0.5, 0.6) is 0 Å². The third-order valence-corrected chi connectivity index (χ3v) is 4.56. The molecule has 0 aromatic heterocycles. The van der Waals surface area contributed by atoms with E-state index in [-0.39, 0.29) is 11.3 Å². The van der Waals surface area contributed by atoms with Gasteiger partial charge in [0.1, 0.15) is 0 Å². The third kappa shape index (κ3) is 4.79. The van der Waals surface area contributed by atoms with E-state index >= 15 is 0 Å². The highest BCUT2D eigenvalue weighted by atomic mass is 16.2. The molecule has 3 heteroatoms. The molecule has 0 aromatic rings. The number of hydrogen-bond donors (Lipinski definition) is 2. The average molecular weight is 268 g/mol. The minimum Gasteiger partial charge on any atom is -0.353 e. The lowest BCUT2D eigenvalue weighted by molar-refractivity contribution is -0.133. The van der Waals surface area contributed by atoms with Gasteiger partial charge in [-0.25, -0.2) is 0 Å². The standard InChI is InChI=1S/C16H32N2O/c1-3-5-10-14(9-4-2)18-15(19)16(13-17)11-7-6-8-12-16/h14H,3-13,17H2,1-2H3,(H,18,19). The van der Waals surface area contributed by atoms with Gasteiger partial charge < -0.3 is 11.1 Å². The summed E-state index contributed by atoms with van der Waals surface area (Å²) in [6, 6.07) is 0.350. The molecule has 1 fully saturated rings. The van der Waals surface area contributed by atoms with Gasteiger partial charge >= 0.3 is 0 Å². The second-order valence-electron chi connectivity index (χ2n) is 6.15. The number of amides is 1. The Kier molecular flexibility index (Phi) is 7.44. The molecule has 1 rings (SSSR count). The van der Waals surface area contributed by atoms with Crippen LogP contribution in [0.2, 0.25) is 0 Å². The number of carbonyl (C=O) groups excluding carboxylic acids is 1. The summed E-state index contributed by atoms with van der Waals surface area (Å²) in [4.78, 5) is 12.6. The molecule has 1 aliphatic carbocycles. The molecule has 0 heterocycles. The molecule has 3 nitrogen and oxygen atoms in total. The van der Waals surface area contributed by atoms with Crippen LogP contribution in [0.15, 0.2) is 0 Å². The van der Waals surface area contributed by atoms with Gasteiger partial charge in [-0.1, -0.05) is 52.4 Å². The van der Waals surface area contributed by atoms with Gasteiger partial charge in [-0.2, -0.15) is 0 Å². The first kappa shape index (κ1) is 16.5. The van der Waals surface area contributed by atoms with Crippen molar-refractivity contribution in [2.24, 2.45) is 11.1 Å². The smallest absolute Gasteiger partial charge is 0.227 e. The van der Waals surface area contributed by atoms with Crippen LogP contribution in [0.25, 0.3) is 0 Å². The SMILES string of the molecule is CCCCC(CCC)NC(=O)C1(CN)CCCCC1. The van der Waals surface area contributed by atoms with Gasteiger partial charge in [-0.3, -0.25) is 4.79 Å². The highest BCUT2D eigenvalue weighted by Crippen LogP contribution is 2.35. The zero-order valence-corrected chi connectivity index (χ0v) is 12.8. The summed E-state index contributed by atoms with van der Waals surface area (Å²) in [5, 5.41) is 3.30. The highest BCUT2D eigenvalue weighted by Gasteiger charge is 2.38. The summed E-state index contributed by atoms with van der Waals surface area (Å²) in [5.74, 6) is 0.226. The molecular weight excluding hydrogens is 236 g/mol. The van der Waals surface area contributed by atoms with Crippen LogP contribution >= 0.6 is 0 Å². The second kappa shape index (κ2) is 8.57. The maximum Gasteiger partial charge on any atom is 0.227 e. The Hall–Kier alpha value is -0.570. The maximum absolute atomic E-state index is 12.6. The molecule has 0 radical (unpaired) electrons. The topological polar surface area (TPSA) is 55.1 Å². The van der Waals surface area contributed by atoms with Gasteiger partial charge in [-0.05, 0) is 25.7 Å². The van der Waals surface area contributed by atoms with Crippen molar-refractivity contribution >= 4 is 5.91 Å². The lowest BCUT2D eigenvalue weighted by atomic mass is 9.73. The van der Waals surface area contributed by atoms with Gasteiger partial charge in [0, 0.05) is 12.6 Å². The van der Waals surface area contributed by atoms with Crippen LogP contribution < -0.4 is 11.1 Å². The molecule has 0 spiro atoms. The number of hydrogen-bond acceptors (Lipinski definition) is 2. The van der Waals surface area contributed by atoms with Crippen molar-refractivity contribution in [2.45, 2.75) is 84.1 Å². The lowest BCUT2D eigenvalue weighted by Crippen LogP contribution is -2.50. The van der Waals surface area contributed by atoms with Crippen LogP contribution in [0.3, 0.4) is 0 Å². The molecule has 1 amide bonds. The molecule has 0 saturated heterocycles. The summed E-state index contributed by atoms with van der Waals surface area (Å²) in [6.07, 6.45) is 11.2. The minimum absolute atomic E-state index is 0.226. The van der Waals surface area contributed by atoms with Crippen molar-refractivity contribution in [1.82, 2.24) is 5.32 Å². The largest absolute Gasteiger partial charge is 0.353 e. The quantitative estimate of drug-likeness (QED) is 0.709. The zero-order chi connectivity index (χ0) is 14.1. The fourth-order valence-electron chi connectivity index (χ4n) is 3.18. The molecule has 1 saturated carbocycles. The molecular formula is C16H32N2O. The van der Waals surface area contributed by atoms with E-state index in [2.05, 4.69) is 19.2 Å². The van der Waals surface area contributed by atoms with Gasteiger partial charge in [0.15, 0.2) is 0 Å². The first-order valence-corrected chi connectivity index (χ1v) is 8.19. The fourth-order valence-corrected chi connectivity index (χ4v) is 3.18. The van der Waals surface area contributed by atoms with E-state index in [0.29, 0.717) is 12.6 Å². The van der Waals surface area contributed by atoms with Crippen molar-refractivity contribution in [3.63, 3.8) is 0 Å². The molecule has 1 unspecified atom stereocenters. The predicted octanol–water partition coefficient (Wildman–Crippen LogP) is 3.37. The normalized spacial score (nSPS) is 19.9. The minimum atomic E-state index is -0.267. The van der Waals surface area contributed by atoms with E-state index in [0.717, 1.165) is 44.9 Å². The number of unbranched alkanes of at least 4 members (excludes halogenated alkanes) is 1. The zero-order valence-electron chi connectivity index (χ0n) is 12.8. The first-order chi connectivity index (χ1) is 9.18.